The first-order valence-corrected chi connectivity index (χ1v) is 10.8. The van der Waals surface area contributed by atoms with Crippen molar-refractivity contribution in [1.29, 1.82) is 0 Å². The summed E-state index contributed by atoms with van der Waals surface area (Å²) in [6.45, 7) is 1.99. The van der Waals surface area contributed by atoms with Gasteiger partial charge in [0.15, 0.2) is 0 Å². The van der Waals surface area contributed by atoms with Crippen molar-refractivity contribution in [3.63, 3.8) is 0 Å². The van der Waals surface area contributed by atoms with Crippen LogP contribution in [0.15, 0.2) is 16.2 Å². The van der Waals surface area contributed by atoms with E-state index in [0.29, 0.717) is 16.1 Å². The van der Waals surface area contributed by atoms with E-state index < -0.39 is 5.97 Å². The van der Waals surface area contributed by atoms with Gasteiger partial charge in [-0.3, -0.25) is 4.79 Å². The zero-order valence-corrected chi connectivity index (χ0v) is 16.4. The number of carbonyl (C=O) groups is 1. The summed E-state index contributed by atoms with van der Waals surface area (Å²) in [4.78, 5) is 34.8. The number of aliphatic carboxylic acids is 1. The molecule has 5 nitrogen and oxygen atoms in total. The number of hydrogen-bond donors (Lipinski definition) is 1. The van der Waals surface area contributed by atoms with Gasteiger partial charge in [-0.05, 0) is 54.8 Å². The molecule has 1 aliphatic carbocycles. The maximum Gasteiger partial charge on any atom is 0.260 e. The molecule has 0 saturated heterocycles. The number of H-pyrrole nitrogens is 1. The average molecular weight is 404 g/mol. The van der Waals surface area contributed by atoms with E-state index in [1.54, 1.807) is 22.7 Å². The number of carbonyl (C=O) groups excluding carboxylic acids is 1. The van der Waals surface area contributed by atoms with Crippen LogP contribution in [-0.4, -0.2) is 21.7 Å². The van der Waals surface area contributed by atoms with Crippen LogP contribution in [0.3, 0.4) is 0 Å². The molecule has 0 aliphatic heterocycles. The number of hydrogen-bond acceptors (Lipinski definition) is 7. The molecule has 134 valence electrons. The molecule has 3 heterocycles. The number of aryl methyl sites for hydroxylation is 3. The number of nitrogens with zero attached hydrogens (tertiary/aromatic N) is 1. The topological polar surface area (TPSA) is 85.9 Å². The zero-order chi connectivity index (χ0) is 18.3. The van der Waals surface area contributed by atoms with E-state index in [1.807, 2.05) is 24.4 Å². The third-order valence-electron chi connectivity index (χ3n) is 4.32. The molecule has 0 unspecified atom stereocenters. The predicted octanol–water partition coefficient (Wildman–Crippen LogP) is 2.82. The van der Waals surface area contributed by atoms with Crippen LogP contribution in [0.5, 0.6) is 0 Å². The van der Waals surface area contributed by atoms with Crippen molar-refractivity contribution in [2.45, 2.75) is 26.2 Å². The molecule has 4 rings (SSSR count). The van der Waals surface area contributed by atoms with Gasteiger partial charge in [0.25, 0.3) is 5.56 Å². The fourth-order valence-corrected chi connectivity index (χ4v) is 5.99. The molecule has 3 aromatic heterocycles. The van der Waals surface area contributed by atoms with Crippen molar-refractivity contribution in [1.82, 2.24) is 9.97 Å². The normalized spacial score (nSPS) is 14.1. The van der Waals surface area contributed by atoms with E-state index in [-0.39, 0.29) is 11.3 Å². The molecule has 0 aromatic carbocycles. The van der Waals surface area contributed by atoms with Gasteiger partial charge < -0.3 is 14.9 Å². The molecule has 0 spiro atoms. The van der Waals surface area contributed by atoms with E-state index in [1.165, 1.54) is 4.88 Å². The summed E-state index contributed by atoms with van der Waals surface area (Å²) < 4.78 is 0. The largest absolute Gasteiger partial charge is 0.549 e. The Bertz CT molecular complexity index is 1090. The molecule has 26 heavy (non-hydrogen) atoms. The summed E-state index contributed by atoms with van der Waals surface area (Å²) in [5, 5.41) is 13.6. The van der Waals surface area contributed by atoms with E-state index in [9.17, 15) is 14.7 Å². The van der Waals surface area contributed by atoms with Gasteiger partial charge in [0.1, 0.15) is 10.7 Å². The first-order valence-electron chi connectivity index (χ1n) is 8.16. The quantitative estimate of drug-likeness (QED) is 0.708. The van der Waals surface area contributed by atoms with Crippen LogP contribution in [0.25, 0.3) is 21.2 Å². The second-order valence-electron chi connectivity index (χ2n) is 6.09. The molecule has 0 amide bonds. The Hall–Kier alpha value is -1.90. The summed E-state index contributed by atoms with van der Waals surface area (Å²) >= 11 is 4.25. The molecule has 0 saturated carbocycles. The van der Waals surface area contributed by atoms with Crippen molar-refractivity contribution in [3.05, 3.63) is 48.5 Å². The average Bonchev–Trinajstić information content (AvgIpc) is 3.27. The van der Waals surface area contributed by atoms with Crippen molar-refractivity contribution in [2.75, 3.05) is 5.75 Å². The molecule has 1 N–H and O–H groups in total. The number of thioether (sulfide) groups is 1. The van der Waals surface area contributed by atoms with Gasteiger partial charge in [-0.1, -0.05) is 0 Å². The van der Waals surface area contributed by atoms with Crippen LogP contribution in [0.1, 0.15) is 33.1 Å². The number of nitrogens with one attached hydrogen (secondary N) is 1. The number of aromatic nitrogens is 2. The Morgan fingerprint density at radius 2 is 2.31 bits per heavy atom. The molecule has 0 bridgehead atoms. The SMILES string of the molecule is Cc1ccsc1/C=C(\SCC(=O)[O-])c1nc2sc3c(c2c(=O)[nH]1)CCC3. The lowest BCUT2D eigenvalue weighted by Gasteiger charge is -2.08. The number of rotatable bonds is 5. The highest BCUT2D eigenvalue weighted by Crippen LogP contribution is 2.36. The number of carboxylic acid groups (broad SMARTS) is 1. The number of fused-ring (bicyclic) bond motifs is 3. The molecule has 3 aromatic rings. The number of thiophene rings is 2. The monoisotopic (exact) mass is 403 g/mol. The molecule has 0 fully saturated rings. The van der Waals surface area contributed by atoms with Gasteiger partial charge in [-0.15, -0.1) is 34.4 Å². The van der Waals surface area contributed by atoms with Crippen molar-refractivity contribution < 1.29 is 9.90 Å². The second kappa shape index (κ2) is 7.02. The lowest BCUT2D eigenvalue weighted by atomic mass is 10.2. The van der Waals surface area contributed by atoms with Crippen LogP contribution in [0, 0.1) is 6.92 Å². The van der Waals surface area contributed by atoms with Crippen LogP contribution >= 0.6 is 34.4 Å². The predicted molar refractivity (Wildman–Crippen MR) is 107 cm³/mol. The molecular weight excluding hydrogens is 388 g/mol. The summed E-state index contributed by atoms with van der Waals surface area (Å²) in [7, 11) is 0. The number of carboxylic acids is 1. The van der Waals surface area contributed by atoms with Gasteiger partial charge in [-0.2, -0.15) is 0 Å². The third-order valence-corrected chi connectivity index (χ3v) is 7.47. The Morgan fingerprint density at radius 1 is 1.46 bits per heavy atom. The van der Waals surface area contributed by atoms with Gasteiger partial charge in [0.2, 0.25) is 0 Å². The fraction of sp³-hybridized carbons (Fsp3) is 0.278. The Labute approximate surface area is 161 Å². The highest BCUT2D eigenvalue weighted by molar-refractivity contribution is 8.09. The molecule has 0 atom stereocenters. The van der Waals surface area contributed by atoms with Crippen LogP contribution in [0.2, 0.25) is 0 Å². The highest BCUT2D eigenvalue weighted by Gasteiger charge is 2.22. The summed E-state index contributed by atoms with van der Waals surface area (Å²) in [5.41, 5.74) is 2.08. The zero-order valence-electron chi connectivity index (χ0n) is 14.0. The van der Waals surface area contributed by atoms with E-state index >= 15 is 0 Å². The Morgan fingerprint density at radius 3 is 3.04 bits per heavy atom. The van der Waals surface area contributed by atoms with Crippen LogP contribution in [0.4, 0.5) is 0 Å². The smallest absolute Gasteiger partial charge is 0.260 e. The summed E-state index contributed by atoms with van der Waals surface area (Å²) in [6, 6.07) is 2.00. The van der Waals surface area contributed by atoms with Crippen molar-refractivity contribution >= 4 is 61.6 Å². The maximum atomic E-state index is 12.7. The minimum Gasteiger partial charge on any atom is -0.549 e. The third kappa shape index (κ3) is 3.24. The minimum atomic E-state index is -1.15. The van der Waals surface area contributed by atoms with Crippen molar-refractivity contribution in [2.24, 2.45) is 0 Å². The van der Waals surface area contributed by atoms with Gasteiger partial charge in [0, 0.05) is 15.5 Å². The highest BCUT2D eigenvalue weighted by atomic mass is 32.2. The lowest BCUT2D eigenvalue weighted by molar-refractivity contribution is -0.301. The summed E-state index contributed by atoms with van der Waals surface area (Å²) in [6.07, 6.45) is 4.90. The molecule has 8 heteroatoms. The van der Waals surface area contributed by atoms with E-state index in [0.717, 1.165) is 51.9 Å². The summed E-state index contributed by atoms with van der Waals surface area (Å²) in [5.74, 6) is -0.928. The molecular formula is C18H15N2O3S3-. The minimum absolute atomic E-state index is 0.146. The second-order valence-corrected chi connectivity index (χ2v) is 9.14. The Kier molecular flexibility index (Phi) is 4.73. The lowest BCUT2D eigenvalue weighted by Crippen LogP contribution is -2.24. The maximum absolute atomic E-state index is 12.7. The molecule has 1 aliphatic rings. The molecule has 0 radical (unpaired) electrons. The van der Waals surface area contributed by atoms with Gasteiger partial charge in [-0.25, -0.2) is 4.98 Å². The van der Waals surface area contributed by atoms with Gasteiger partial charge in [0.05, 0.1) is 16.3 Å². The van der Waals surface area contributed by atoms with Crippen LogP contribution in [-0.2, 0) is 17.6 Å². The van der Waals surface area contributed by atoms with Gasteiger partial charge >= 0.3 is 0 Å². The van der Waals surface area contributed by atoms with E-state index in [2.05, 4.69) is 9.97 Å². The van der Waals surface area contributed by atoms with Crippen LogP contribution < -0.4 is 10.7 Å². The van der Waals surface area contributed by atoms with E-state index in [4.69, 9.17) is 0 Å². The first kappa shape index (κ1) is 17.5. The van der Waals surface area contributed by atoms with Crippen molar-refractivity contribution in [3.8, 4) is 0 Å². The fourth-order valence-electron chi connectivity index (χ4n) is 3.09. The Balaban J connectivity index is 1.82. The standard InChI is InChI=1S/C18H16N2O3S3/c1-9-5-6-24-12(9)7-13(25-8-14(21)22)16-19-17(23)15-10-3-2-4-11(10)26-18(15)20-16/h5-7H,2-4,8H2,1H3,(H,21,22)(H,19,20,23)/p-1/b13-7-. The number of aromatic amines is 1. The first-order chi connectivity index (χ1) is 12.5.